The Morgan fingerprint density at radius 3 is 2.52 bits per heavy atom. The van der Waals surface area contributed by atoms with Crippen LogP contribution in [0, 0.1) is 11.8 Å². The second-order valence-corrected chi connectivity index (χ2v) is 6.50. The molecular weight excluding hydrogens is 296 g/mol. The average Bonchev–Trinajstić information content (AvgIpc) is 2.66. The molecule has 2 rings (SSSR count). The van der Waals surface area contributed by atoms with E-state index in [1.54, 1.807) is 25.3 Å². The summed E-state index contributed by atoms with van der Waals surface area (Å²) in [6, 6.07) is 3.39. The van der Waals surface area contributed by atoms with E-state index in [0.717, 1.165) is 0 Å². The van der Waals surface area contributed by atoms with Crippen LogP contribution >= 0.6 is 0 Å². The van der Waals surface area contributed by atoms with Crippen molar-refractivity contribution < 1.29 is 18.8 Å². The molecular formula is C17H21BFNO3. The van der Waals surface area contributed by atoms with Crippen LogP contribution in [-0.2, 0) is 9.31 Å². The van der Waals surface area contributed by atoms with Crippen LogP contribution in [0.25, 0.3) is 6.08 Å². The van der Waals surface area contributed by atoms with Gasteiger partial charge in [-0.1, -0.05) is 12.0 Å². The summed E-state index contributed by atoms with van der Waals surface area (Å²) in [5.74, 6) is 5.34. The van der Waals surface area contributed by atoms with Gasteiger partial charge in [0.05, 0.1) is 11.2 Å². The van der Waals surface area contributed by atoms with Gasteiger partial charge in [-0.2, -0.15) is 0 Å². The summed E-state index contributed by atoms with van der Waals surface area (Å²) in [4.78, 5) is 4.11. The third-order valence-electron chi connectivity index (χ3n) is 4.01. The molecule has 0 aromatic carbocycles. The van der Waals surface area contributed by atoms with E-state index in [2.05, 4.69) is 16.8 Å². The van der Waals surface area contributed by atoms with Gasteiger partial charge in [0.2, 0.25) is 0 Å². The highest BCUT2D eigenvalue weighted by Crippen LogP contribution is 2.39. The lowest BCUT2D eigenvalue weighted by Gasteiger charge is -2.32. The molecule has 1 saturated heterocycles. The number of aromatic nitrogens is 1. The lowest BCUT2D eigenvalue weighted by Crippen LogP contribution is -2.41. The van der Waals surface area contributed by atoms with E-state index < -0.39 is 30.2 Å². The second-order valence-electron chi connectivity index (χ2n) is 6.50. The predicted molar refractivity (Wildman–Crippen MR) is 88.0 cm³/mol. The van der Waals surface area contributed by atoms with Gasteiger partial charge in [0.15, 0.2) is 0 Å². The molecule has 1 fully saturated rings. The van der Waals surface area contributed by atoms with Crippen LogP contribution in [-0.4, -0.2) is 34.5 Å². The van der Waals surface area contributed by atoms with Crippen LogP contribution in [0.2, 0.25) is 0 Å². The van der Waals surface area contributed by atoms with E-state index in [1.165, 1.54) is 6.08 Å². The molecule has 23 heavy (non-hydrogen) atoms. The van der Waals surface area contributed by atoms with Crippen molar-refractivity contribution in [2.75, 3.05) is 0 Å². The topological polar surface area (TPSA) is 51.6 Å². The highest BCUT2D eigenvalue weighted by atomic mass is 19.1. The Kier molecular flexibility index (Phi) is 4.95. The molecule has 122 valence electrons. The zero-order valence-electron chi connectivity index (χ0n) is 14.1. The van der Waals surface area contributed by atoms with Gasteiger partial charge in [-0.05, 0) is 52.7 Å². The lowest BCUT2D eigenvalue weighted by molar-refractivity contribution is 0.00578. The van der Waals surface area contributed by atoms with Gasteiger partial charge < -0.3 is 14.4 Å². The van der Waals surface area contributed by atoms with E-state index in [4.69, 9.17) is 9.31 Å². The molecule has 0 radical (unpaired) electrons. The van der Waals surface area contributed by atoms with Gasteiger partial charge in [-0.3, -0.25) is 0 Å². The van der Waals surface area contributed by atoms with E-state index >= 15 is 0 Å². The van der Waals surface area contributed by atoms with Crippen LogP contribution in [0.5, 0.6) is 0 Å². The summed E-state index contributed by atoms with van der Waals surface area (Å²) in [5.41, 5.74) is -0.857. The molecule has 2 heterocycles. The Morgan fingerprint density at radius 2 is 1.96 bits per heavy atom. The highest BCUT2D eigenvalue weighted by molar-refractivity contribution is 6.54. The second kappa shape index (κ2) is 6.44. The first-order valence-corrected chi connectivity index (χ1v) is 7.50. The van der Waals surface area contributed by atoms with Crippen molar-refractivity contribution in [3.63, 3.8) is 0 Å². The Balaban J connectivity index is 2.28. The molecule has 0 aliphatic carbocycles. The maximum absolute atomic E-state index is 14.5. The van der Waals surface area contributed by atoms with E-state index in [1.807, 2.05) is 27.7 Å². The molecule has 1 unspecified atom stereocenters. The van der Waals surface area contributed by atoms with Crippen molar-refractivity contribution >= 4 is 13.2 Å². The standard InChI is InChI=1S/C17H21BFNO3/c1-12(21)8-9-14-13(7-6-10-20-14)11-15(19)18-22-16(2,3)17(4,5)23-18/h6-7,10-12,21H,1-5H3. The number of pyridine rings is 1. The molecule has 0 spiro atoms. The fourth-order valence-corrected chi connectivity index (χ4v) is 1.98. The number of halogens is 1. The summed E-state index contributed by atoms with van der Waals surface area (Å²) >= 11 is 0. The van der Waals surface area contributed by atoms with Gasteiger partial charge in [0, 0.05) is 11.8 Å². The van der Waals surface area contributed by atoms with Crippen molar-refractivity contribution in [3.05, 3.63) is 35.3 Å². The first-order valence-electron chi connectivity index (χ1n) is 7.50. The van der Waals surface area contributed by atoms with Gasteiger partial charge in [-0.25, -0.2) is 9.37 Å². The molecule has 1 aliphatic rings. The zero-order valence-corrected chi connectivity index (χ0v) is 14.1. The van der Waals surface area contributed by atoms with Crippen LogP contribution in [0.15, 0.2) is 24.1 Å². The molecule has 6 heteroatoms. The number of aliphatic hydroxyl groups excluding tert-OH is 1. The monoisotopic (exact) mass is 317 g/mol. The minimum Gasteiger partial charge on any atom is -0.398 e. The number of hydrogen-bond acceptors (Lipinski definition) is 4. The van der Waals surface area contributed by atoms with Gasteiger partial charge in [0.1, 0.15) is 17.5 Å². The molecule has 0 amide bonds. The number of aliphatic hydroxyl groups is 1. The van der Waals surface area contributed by atoms with Crippen LogP contribution in [0.3, 0.4) is 0 Å². The molecule has 1 aromatic heterocycles. The van der Waals surface area contributed by atoms with Crippen molar-refractivity contribution in [1.82, 2.24) is 4.98 Å². The molecule has 1 N–H and O–H groups in total. The normalized spacial score (nSPS) is 20.8. The Morgan fingerprint density at radius 1 is 1.35 bits per heavy atom. The van der Waals surface area contributed by atoms with Crippen molar-refractivity contribution in [1.29, 1.82) is 0 Å². The average molecular weight is 317 g/mol. The van der Waals surface area contributed by atoms with Crippen molar-refractivity contribution in [2.45, 2.75) is 51.9 Å². The minimum absolute atomic E-state index is 0.389. The van der Waals surface area contributed by atoms with Gasteiger partial charge in [0.25, 0.3) is 0 Å². The summed E-state index contributed by atoms with van der Waals surface area (Å²) in [5, 5.41) is 9.24. The summed E-state index contributed by atoms with van der Waals surface area (Å²) in [7, 11) is -1.06. The Labute approximate surface area is 136 Å². The third kappa shape index (κ3) is 4.00. The summed E-state index contributed by atoms with van der Waals surface area (Å²) < 4.78 is 25.9. The smallest absolute Gasteiger partial charge is 0.398 e. The molecule has 1 atom stereocenters. The largest absolute Gasteiger partial charge is 0.525 e. The minimum atomic E-state index is -1.06. The van der Waals surface area contributed by atoms with Gasteiger partial charge in [-0.15, -0.1) is 0 Å². The third-order valence-corrected chi connectivity index (χ3v) is 4.01. The molecule has 0 saturated carbocycles. The van der Waals surface area contributed by atoms with Gasteiger partial charge >= 0.3 is 7.12 Å². The van der Waals surface area contributed by atoms with Crippen molar-refractivity contribution in [2.24, 2.45) is 0 Å². The number of hydrogen-bond donors (Lipinski definition) is 1. The van der Waals surface area contributed by atoms with E-state index in [-0.39, 0.29) is 0 Å². The number of nitrogens with zero attached hydrogens (tertiary/aromatic N) is 1. The maximum Gasteiger partial charge on any atom is 0.525 e. The summed E-state index contributed by atoms with van der Waals surface area (Å²) in [6.45, 7) is 9.01. The maximum atomic E-state index is 14.5. The van der Waals surface area contributed by atoms with Crippen LogP contribution in [0.1, 0.15) is 45.9 Å². The lowest BCUT2D eigenvalue weighted by atomic mass is 9.86. The number of rotatable bonds is 2. The zero-order chi connectivity index (χ0) is 17.3. The molecule has 1 aromatic rings. The van der Waals surface area contributed by atoms with Crippen LogP contribution in [0.4, 0.5) is 4.39 Å². The predicted octanol–water partition coefficient (Wildman–Crippen LogP) is 2.76. The first-order chi connectivity index (χ1) is 10.6. The highest BCUT2D eigenvalue weighted by Gasteiger charge is 2.53. The fraction of sp³-hybridized carbons (Fsp3) is 0.471. The molecule has 1 aliphatic heterocycles. The quantitative estimate of drug-likeness (QED) is 0.673. The van der Waals surface area contributed by atoms with E-state index in [0.29, 0.717) is 11.3 Å². The van der Waals surface area contributed by atoms with E-state index in [9.17, 15) is 9.50 Å². The SMILES string of the molecule is CC(O)C#Cc1ncccc1C=C(F)B1OC(C)(C)C(C)(C)O1. The first kappa shape index (κ1) is 17.7. The van der Waals surface area contributed by atoms with Crippen molar-refractivity contribution in [3.8, 4) is 11.8 Å². The fourth-order valence-electron chi connectivity index (χ4n) is 1.98. The van der Waals surface area contributed by atoms with Crippen LogP contribution < -0.4 is 0 Å². The molecule has 0 bridgehead atoms. The Hall–Kier alpha value is -1.68. The molecule has 4 nitrogen and oxygen atoms in total. The Bertz CT molecular complexity index is 658. The summed E-state index contributed by atoms with van der Waals surface area (Å²) in [6.07, 6.45) is 2.10.